The van der Waals surface area contributed by atoms with Gasteiger partial charge >= 0.3 is 0 Å². The number of unbranched alkanes of at least 4 members (excludes halogenated alkanes) is 1. The lowest BCUT2D eigenvalue weighted by atomic mass is 9.95. The number of nitrogens with zero attached hydrogens (tertiary/aromatic N) is 2. The van der Waals surface area contributed by atoms with Gasteiger partial charge in [0.05, 0.1) is 12.5 Å². The quantitative estimate of drug-likeness (QED) is 0.738. The van der Waals surface area contributed by atoms with Crippen molar-refractivity contribution in [1.82, 2.24) is 9.88 Å². The van der Waals surface area contributed by atoms with Gasteiger partial charge in [0.1, 0.15) is 0 Å². The number of benzene rings is 1. The van der Waals surface area contributed by atoms with Crippen molar-refractivity contribution in [3.8, 4) is 0 Å². The van der Waals surface area contributed by atoms with Gasteiger partial charge in [-0.15, -0.1) is 11.3 Å². The van der Waals surface area contributed by atoms with Crippen LogP contribution in [0.1, 0.15) is 44.6 Å². The lowest BCUT2D eigenvalue weighted by molar-refractivity contribution is -0.136. The van der Waals surface area contributed by atoms with Crippen molar-refractivity contribution < 1.29 is 9.59 Å². The Morgan fingerprint density at radius 1 is 1.24 bits per heavy atom. The van der Waals surface area contributed by atoms with Crippen LogP contribution in [0, 0.1) is 0 Å². The van der Waals surface area contributed by atoms with Gasteiger partial charge in [-0.1, -0.05) is 50.6 Å². The summed E-state index contributed by atoms with van der Waals surface area (Å²) in [5.41, 5.74) is 0.997. The molecule has 1 heterocycles. The summed E-state index contributed by atoms with van der Waals surface area (Å²) in [6, 6.07) is 9.77. The van der Waals surface area contributed by atoms with Crippen LogP contribution >= 0.6 is 11.3 Å². The fourth-order valence-corrected chi connectivity index (χ4v) is 3.24. The van der Waals surface area contributed by atoms with Crippen LogP contribution < -0.4 is 5.32 Å². The summed E-state index contributed by atoms with van der Waals surface area (Å²) in [5.74, 6) is -0.413. The second-order valence-corrected chi connectivity index (χ2v) is 6.76. The topological polar surface area (TPSA) is 62.3 Å². The van der Waals surface area contributed by atoms with Gasteiger partial charge in [0.15, 0.2) is 5.13 Å². The molecule has 2 rings (SSSR count). The lowest BCUT2D eigenvalue weighted by Gasteiger charge is -2.26. The van der Waals surface area contributed by atoms with E-state index in [-0.39, 0.29) is 24.3 Å². The highest BCUT2D eigenvalue weighted by molar-refractivity contribution is 7.13. The first-order valence-electron chi connectivity index (χ1n) is 8.68. The number of carbonyl (C=O) groups is 2. The molecule has 0 aliphatic heterocycles. The van der Waals surface area contributed by atoms with Gasteiger partial charge in [-0.05, 0) is 18.4 Å². The fraction of sp³-hybridized carbons (Fsp3) is 0.421. The predicted molar refractivity (Wildman–Crippen MR) is 102 cm³/mol. The molecular formula is C19H25N3O2S. The van der Waals surface area contributed by atoms with Gasteiger partial charge in [0.2, 0.25) is 11.8 Å². The summed E-state index contributed by atoms with van der Waals surface area (Å²) in [5, 5.41) is 5.12. The first kappa shape index (κ1) is 19.1. The maximum atomic E-state index is 13.1. The molecule has 6 heteroatoms. The van der Waals surface area contributed by atoms with E-state index in [0.717, 1.165) is 18.4 Å². The summed E-state index contributed by atoms with van der Waals surface area (Å²) in [6.45, 7) is 4.72. The zero-order chi connectivity index (χ0) is 18.1. The SMILES string of the molecule is CCCCN(CC(=O)Nc1nccs1)C(=O)[C@@H](CC)c1ccccc1. The summed E-state index contributed by atoms with van der Waals surface area (Å²) in [6.07, 6.45) is 4.20. The molecule has 1 atom stereocenters. The number of hydrogen-bond acceptors (Lipinski definition) is 4. The molecule has 0 saturated carbocycles. The molecule has 0 unspecified atom stereocenters. The molecule has 0 bridgehead atoms. The summed E-state index contributed by atoms with van der Waals surface area (Å²) >= 11 is 1.37. The zero-order valence-corrected chi connectivity index (χ0v) is 15.6. The largest absolute Gasteiger partial charge is 0.333 e. The Labute approximate surface area is 153 Å². The number of aromatic nitrogens is 1. The summed E-state index contributed by atoms with van der Waals surface area (Å²) in [7, 11) is 0. The maximum absolute atomic E-state index is 13.1. The molecule has 0 aliphatic carbocycles. The standard InChI is InChI=1S/C19H25N3O2S/c1-3-5-12-22(14-17(23)21-19-20-11-13-25-19)18(24)16(4-2)15-9-7-6-8-10-15/h6-11,13,16H,3-5,12,14H2,1-2H3,(H,20,21,23)/t16-/m0/s1. The van der Waals surface area contributed by atoms with E-state index in [9.17, 15) is 9.59 Å². The van der Waals surface area contributed by atoms with Crippen LogP contribution in [-0.4, -0.2) is 34.8 Å². The minimum Gasteiger partial charge on any atom is -0.333 e. The molecule has 1 aromatic carbocycles. The Balaban J connectivity index is 2.08. The van der Waals surface area contributed by atoms with Crippen molar-refractivity contribution in [2.24, 2.45) is 0 Å². The van der Waals surface area contributed by atoms with Gasteiger partial charge < -0.3 is 10.2 Å². The molecule has 0 fully saturated rings. The molecule has 2 amide bonds. The third-order valence-electron chi connectivity index (χ3n) is 4.01. The van der Waals surface area contributed by atoms with Crippen molar-refractivity contribution >= 4 is 28.3 Å². The molecule has 1 N–H and O–H groups in total. The maximum Gasteiger partial charge on any atom is 0.245 e. The highest BCUT2D eigenvalue weighted by atomic mass is 32.1. The monoisotopic (exact) mass is 359 g/mol. The number of carbonyl (C=O) groups excluding carboxylic acids is 2. The molecule has 0 radical (unpaired) electrons. The third-order valence-corrected chi connectivity index (χ3v) is 4.70. The molecule has 2 aromatic rings. The predicted octanol–water partition coefficient (Wildman–Crippen LogP) is 3.90. The molecule has 1 aromatic heterocycles. The number of anilines is 1. The van der Waals surface area contributed by atoms with Gasteiger partial charge in [0.25, 0.3) is 0 Å². The highest BCUT2D eigenvalue weighted by Gasteiger charge is 2.25. The van der Waals surface area contributed by atoms with E-state index in [0.29, 0.717) is 18.1 Å². The van der Waals surface area contributed by atoms with Crippen LogP contribution in [-0.2, 0) is 9.59 Å². The Hall–Kier alpha value is -2.21. The smallest absolute Gasteiger partial charge is 0.245 e. The molecule has 0 aliphatic rings. The van der Waals surface area contributed by atoms with Crippen molar-refractivity contribution in [1.29, 1.82) is 0 Å². The Morgan fingerprint density at radius 2 is 2.00 bits per heavy atom. The average Bonchev–Trinajstić information content (AvgIpc) is 3.13. The van der Waals surface area contributed by atoms with Gasteiger partial charge in [-0.3, -0.25) is 9.59 Å². The number of thiazole rings is 1. The Bertz CT molecular complexity index is 659. The number of hydrogen-bond donors (Lipinski definition) is 1. The van der Waals surface area contributed by atoms with E-state index in [1.54, 1.807) is 16.5 Å². The van der Waals surface area contributed by atoms with E-state index in [1.807, 2.05) is 37.3 Å². The van der Waals surface area contributed by atoms with E-state index >= 15 is 0 Å². The molecule has 5 nitrogen and oxygen atoms in total. The van der Waals surface area contributed by atoms with Crippen molar-refractivity contribution in [2.75, 3.05) is 18.4 Å². The molecular weight excluding hydrogens is 334 g/mol. The molecule has 0 saturated heterocycles. The average molecular weight is 359 g/mol. The van der Waals surface area contributed by atoms with E-state index in [1.165, 1.54) is 11.3 Å². The van der Waals surface area contributed by atoms with Crippen LogP contribution in [0.15, 0.2) is 41.9 Å². The lowest BCUT2D eigenvalue weighted by Crippen LogP contribution is -2.41. The Morgan fingerprint density at radius 3 is 2.60 bits per heavy atom. The van der Waals surface area contributed by atoms with Crippen LogP contribution in [0.5, 0.6) is 0 Å². The number of rotatable bonds is 9. The molecule has 25 heavy (non-hydrogen) atoms. The Kier molecular flexibility index (Phi) is 7.60. The summed E-state index contributed by atoms with van der Waals surface area (Å²) in [4.78, 5) is 31.1. The summed E-state index contributed by atoms with van der Waals surface area (Å²) < 4.78 is 0. The minimum atomic E-state index is -0.217. The minimum absolute atomic E-state index is 0.0106. The van der Waals surface area contributed by atoms with Crippen LogP contribution in [0.25, 0.3) is 0 Å². The number of amides is 2. The van der Waals surface area contributed by atoms with Crippen LogP contribution in [0.3, 0.4) is 0 Å². The van der Waals surface area contributed by atoms with E-state index in [4.69, 9.17) is 0 Å². The van der Waals surface area contributed by atoms with E-state index < -0.39 is 0 Å². The third kappa shape index (κ3) is 5.67. The van der Waals surface area contributed by atoms with Gasteiger partial charge in [0, 0.05) is 18.1 Å². The number of nitrogens with one attached hydrogen (secondary N) is 1. The second kappa shape index (κ2) is 9.93. The normalized spacial score (nSPS) is 11.8. The van der Waals surface area contributed by atoms with Gasteiger partial charge in [-0.25, -0.2) is 4.98 Å². The van der Waals surface area contributed by atoms with E-state index in [2.05, 4.69) is 17.2 Å². The fourth-order valence-electron chi connectivity index (χ4n) is 2.69. The first-order chi connectivity index (χ1) is 12.2. The highest BCUT2D eigenvalue weighted by Crippen LogP contribution is 2.22. The zero-order valence-electron chi connectivity index (χ0n) is 14.8. The van der Waals surface area contributed by atoms with Crippen molar-refractivity contribution in [3.63, 3.8) is 0 Å². The molecule has 0 spiro atoms. The molecule has 134 valence electrons. The van der Waals surface area contributed by atoms with Gasteiger partial charge in [-0.2, -0.15) is 0 Å². The van der Waals surface area contributed by atoms with Crippen molar-refractivity contribution in [3.05, 3.63) is 47.5 Å². The van der Waals surface area contributed by atoms with Crippen LogP contribution in [0.4, 0.5) is 5.13 Å². The second-order valence-electron chi connectivity index (χ2n) is 5.87. The van der Waals surface area contributed by atoms with Crippen LogP contribution in [0.2, 0.25) is 0 Å². The first-order valence-corrected chi connectivity index (χ1v) is 9.56. The van der Waals surface area contributed by atoms with Crippen molar-refractivity contribution in [2.45, 2.75) is 39.0 Å².